The number of aryl methyl sites for hydroxylation is 1. The topological polar surface area (TPSA) is 47.4 Å². The van der Waals surface area contributed by atoms with Gasteiger partial charge in [-0.15, -0.1) is 0 Å². The van der Waals surface area contributed by atoms with Gasteiger partial charge in [0.2, 0.25) is 0 Å². The Labute approximate surface area is 197 Å². The highest BCUT2D eigenvalue weighted by atomic mass is 32.2. The summed E-state index contributed by atoms with van der Waals surface area (Å²) in [6.07, 6.45) is 5.96. The molecule has 2 aliphatic rings. The monoisotopic (exact) mass is 461 g/mol. The second kappa shape index (κ2) is 9.02. The molecule has 0 unspecified atom stereocenters. The van der Waals surface area contributed by atoms with Crippen LogP contribution in [-0.4, -0.2) is 44.2 Å². The number of benzene rings is 2. The second-order valence-electron chi connectivity index (χ2n) is 8.01. The predicted octanol–water partition coefficient (Wildman–Crippen LogP) is 5.23. The number of hydrogen-bond donors (Lipinski definition) is 0. The lowest BCUT2D eigenvalue weighted by Crippen LogP contribution is -2.35. The summed E-state index contributed by atoms with van der Waals surface area (Å²) in [7, 11) is 0. The van der Waals surface area contributed by atoms with E-state index in [0.717, 1.165) is 42.0 Å². The van der Waals surface area contributed by atoms with Gasteiger partial charge in [0.1, 0.15) is 4.32 Å². The molecule has 2 aliphatic heterocycles. The first-order chi connectivity index (χ1) is 15.6. The van der Waals surface area contributed by atoms with Gasteiger partial charge in [0, 0.05) is 23.9 Å². The van der Waals surface area contributed by atoms with E-state index in [1.165, 1.54) is 17.3 Å². The van der Waals surface area contributed by atoms with Crippen molar-refractivity contribution in [2.24, 2.45) is 0 Å². The Bertz CT molecular complexity index is 1180. The van der Waals surface area contributed by atoms with Crippen molar-refractivity contribution >= 4 is 40.3 Å². The molecule has 1 aromatic heterocycles. The third-order valence-corrected chi connectivity index (χ3v) is 7.04. The van der Waals surface area contributed by atoms with Crippen LogP contribution in [0.15, 0.2) is 65.7 Å². The Morgan fingerprint density at radius 2 is 1.97 bits per heavy atom. The summed E-state index contributed by atoms with van der Waals surface area (Å²) in [5.41, 5.74) is 4.87. The number of nitrogens with zero attached hydrogens (tertiary/aromatic N) is 3. The fourth-order valence-corrected chi connectivity index (χ4v) is 5.20. The smallest absolute Gasteiger partial charge is 0.266 e. The molecule has 0 N–H and O–H groups in total. The number of carbonyl (C=O) groups excluding carboxylic acids is 1. The van der Waals surface area contributed by atoms with Crippen LogP contribution in [0.5, 0.6) is 0 Å². The molecule has 0 bridgehead atoms. The lowest BCUT2D eigenvalue weighted by molar-refractivity contribution is -0.123. The third-order valence-electron chi connectivity index (χ3n) is 5.66. The van der Waals surface area contributed by atoms with Crippen molar-refractivity contribution in [3.8, 4) is 16.9 Å². The summed E-state index contributed by atoms with van der Waals surface area (Å²) in [6, 6.07) is 18.2. The van der Waals surface area contributed by atoms with Crippen LogP contribution in [-0.2, 0) is 9.53 Å². The lowest BCUT2D eigenvalue weighted by Gasteiger charge is -2.18. The van der Waals surface area contributed by atoms with Gasteiger partial charge >= 0.3 is 0 Å². The maximum atomic E-state index is 13.1. The molecule has 0 spiro atoms. The molecule has 3 heterocycles. The number of amides is 1. The standard InChI is InChI=1S/C25H23N3O2S2/c1-17-9-11-18(12-10-17)23-19(15-28(26-23)20-6-3-2-4-7-20)14-22-24(29)27(25(31)32-22)16-21-8-5-13-30-21/h2-4,6-7,9-12,14-15,21H,5,8,13,16H2,1H3/b22-14-/t21-/m1/s1. The minimum atomic E-state index is -0.0576. The van der Waals surface area contributed by atoms with Crippen LogP contribution in [0.2, 0.25) is 0 Å². The molecule has 32 heavy (non-hydrogen) atoms. The predicted molar refractivity (Wildman–Crippen MR) is 133 cm³/mol. The summed E-state index contributed by atoms with van der Waals surface area (Å²) in [4.78, 5) is 15.4. The SMILES string of the molecule is Cc1ccc(-c2nn(-c3ccccc3)cc2/C=C2\SC(=S)N(C[C@H]3CCCO3)C2=O)cc1. The molecule has 5 rings (SSSR count). The molecule has 2 saturated heterocycles. The van der Waals surface area contributed by atoms with Crippen LogP contribution < -0.4 is 0 Å². The highest BCUT2D eigenvalue weighted by Gasteiger charge is 2.35. The molecule has 0 saturated carbocycles. The van der Waals surface area contributed by atoms with Gasteiger partial charge in [0.25, 0.3) is 5.91 Å². The Balaban J connectivity index is 1.51. The lowest BCUT2D eigenvalue weighted by atomic mass is 10.1. The van der Waals surface area contributed by atoms with Gasteiger partial charge in [-0.1, -0.05) is 72.0 Å². The second-order valence-corrected chi connectivity index (χ2v) is 9.68. The van der Waals surface area contributed by atoms with E-state index in [-0.39, 0.29) is 12.0 Å². The number of thiocarbonyl (C=S) groups is 1. The quantitative estimate of drug-likeness (QED) is 0.385. The van der Waals surface area contributed by atoms with E-state index in [1.807, 2.05) is 47.3 Å². The van der Waals surface area contributed by atoms with Crippen molar-refractivity contribution in [2.45, 2.75) is 25.9 Å². The number of aromatic nitrogens is 2. The molecule has 2 fully saturated rings. The van der Waals surface area contributed by atoms with Crippen LogP contribution in [0.25, 0.3) is 23.0 Å². The third kappa shape index (κ3) is 4.28. The first-order valence-electron chi connectivity index (χ1n) is 10.7. The zero-order valence-electron chi connectivity index (χ0n) is 17.7. The Morgan fingerprint density at radius 3 is 2.69 bits per heavy atom. The van der Waals surface area contributed by atoms with Gasteiger partial charge in [-0.05, 0) is 38.0 Å². The molecule has 2 aromatic carbocycles. The van der Waals surface area contributed by atoms with Gasteiger partial charge in [0.05, 0.1) is 28.9 Å². The first kappa shape index (κ1) is 21.1. The first-order valence-corrected chi connectivity index (χ1v) is 11.9. The van der Waals surface area contributed by atoms with E-state index in [0.29, 0.717) is 15.8 Å². The Kier molecular flexibility index (Phi) is 5.95. The summed E-state index contributed by atoms with van der Waals surface area (Å²) < 4.78 is 8.15. The van der Waals surface area contributed by atoms with Crippen LogP contribution in [0.1, 0.15) is 24.0 Å². The average molecular weight is 462 g/mol. The highest BCUT2D eigenvalue weighted by molar-refractivity contribution is 8.26. The van der Waals surface area contributed by atoms with Crippen LogP contribution >= 0.6 is 24.0 Å². The van der Waals surface area contributed by atoms with Crippen molar-refractivity contribution in [2.75, 3.05) is 13.2 Å². The molecule has 0 radical (unpaired) electrons. The van der Waals surface area contributed by atoms with E-state index in [9.17, 15) is 4.79 Å². The minimum absolute atomic E-state index is 0.0576. The number of thioether (sulfide) groups is 1. The summed E-state index contributed by atoms with van der Waals surface area (Å²) in [5, 5.41) is 4.85. The fourth-order valence-electron chi connectivity index (χ4n) is 3.93. The van der Waals surface area contributed by atoms with E-state index in [2.05, 4.69) is 31.2 Å². The maximum absolute atomic E-state index is 13.1. The molecular weight excluding hydrogens is 438 g/mol. The number of rotatable bonds is 5. The summed E-state index contributed by atoms with van der Waals surface area (Å²) in [6.45, 7) is 3.34. The van der Waals surface area contributed by atoms with Crippen molar-refractivity contribution in [1.29, 1.82) is 0 Å². The Morgan fingerprint density at radius 1 is 1.19 bits per heavy atom. The molecule has 1 amide bonds. The van der Waals surface area contributed by atoms with Crippen LogP contribution in [0.4, 0.5) is 0 Å². The van der Waals surface area contributed by atoms with Crippen LogP contribution in [0.3, 0.4) is 0 Å². The maximum Gasteiger partial charge on any atom is 0.266 e. The molecule has 7 heteroatoms. The van der Waals surface area contributed by atoms with E-state index in [1.54, 1.807) is 4.90 Å². The average Bonchev–Trinajstić information content (AvgIpc) is 3.53. The largest absolute Gasteiger partial charge is 0.376 e. The van der Waals surface area contributed by atoms with E-state index < -0.39 is 0 Å². The van der Waals surface area contributed by atoms with Gasteiger partial charge in [0.15, 0.2) is 0 Å². The molecule has 1 atom stereocenters. The van der Waals surface area contributed by atoms with Gasteiger partial charge in [-0.25, -0.2) is 4.68 Å². The molecule has 0 aliphatic carbocycles. The number of ether oxygens (including phenoxy) is 1. The zero-order chi connectivity index (χ0) is 22.1. The summed E-state index contributed by atoms with van der Waals surface area (Å²) >= 11 is 6.87. The molecular formula is C25H23N3O2S2. The van der Waals surface area contributed by atoms with Crippen molar-refractivity contribution in [3.63, 3.8) is 0 Å². The number of carbonyl (C=O) groups is 1. The fraction of sp³-hybridized carbons (Fsp3) is 0.240. The zero-order valence-corrected chi connectivity index (χ0v) is 19.4. The van der Waals surface area contributed by atoms with Gasteiger partial charge in [-0.2, -0.15) is 5.10 Å². The molecule has 162 valence electrons. The highest BCUT2D eigenvalue weighted by Crippen LogP contribution is 2.35. The van der Waals surface area contributed by atoms with Crippen LogP contribution in [0, 0.1) is 6.92 Å². The van der Waals surface area contributed by atoms with Crippen molar-refractivity contribution in [1.82, 2.24) is 14.7 Å². The Hall–Kier alpha value is -2.74. The van der Waals surface area contributed by atoms with Crippen molar-refractivity contribution in [3.05, 3.63) is 76.8 Å². The summed E-state index contributed by atoms with van der Waals surface area (Å²) in [5.74, 6) is -0.0576. The van der Waals surface area contributed by atoms with E-state index in [4.69, 9.17) is 22.1 Å². The van der Waals surface area contributed by atoms with Gasteiger partial charge < -0.3 is 4.74 Å². The number of para-hydroxylation sites is 1. The minimum Gasteiger partial charge on any atom is -0.376 e. The normalized spacial score (nSPS) is 20.0. The van der Waals surface area contributed by atoms with Gasteiger partial charge in [-0.3, -0.25) is 9.69 Å². The van der Waals surface area contributed by atoms with E-state index >= 15 is 0 Å². The number of hydrogen-bond acceptors (Lipinski definition) is 5. The van der Waals surface area contributed by atoms with Crippen molar-refractivity contribution < 1.29 is 9.53 Å². The molecule has 3 aromatic rings. The molecule has 5 nitrogen and oxygen atoms in total.